The number of benzene rings is 2. The molecule has 1 atom stereocenters. The first-order valence-electron chi connectivity index (χ1n) is 6.67. The Bertz CT molecular complexity index is 661. The lowest BCUT2D eigenvalue weighted by atomic mass is 10.0. The van der Waals surface area contributed by atoms with Crippen LogP contribution in [0.5, 0.6) is 11.5 Å². The Morgan fingerprint density at radius 3 is 2.86 bits per heavy atom. The number of para-hydroxylation sites is 1. The van der Waals surface area contributed by atoms with Crippen molar-refractivity contribution in [3.8, 4) is 11.5 Å². The molecule has 0 aliphatic carbocycles. The van der Waals surface area contributed by atoms with Crippen LogP contribution in [-0.4, -0.2) is 20.3 Å². The first-order chi connectivity index (χ1) is 10.2. The number of rotatable bonds is 4. The lowest BCUT2D eigenvalue weighted by Gasteiger charge is -2.15. The second-order valence-electron chi connectivity index (χ2n) is 4.89. The summed E-state index contributed by atoms with van der Waals surface area (Å²) in [6.07, 6.45) is 0. The molecule has 3 nitrogen and oxygen atoms in total. The highest BCUT2D eigenvalue weighted by molar-refractivity contribution is 9.11. The molecule has 2 aromatic carbocycles. The third kappa shape index (κ3) is 3.04. The van der Waals surface area contributed by atoms with Crippen LogP contribution in [0.3, 0.4) is 0 Å². The standard InChI is InChI=1S/C16H15Br2NO2/c1-20-16-7-14(12(17)6-13(16)18)19-8-10-9-21-15-5-3-2-4-11(10)15/h2-7,10,19H,8-9H2,1H3. The van der Waals surface area contributed by atoms with E-state index in [4.69, 9.17) is 9.47 Å². The maximum atomic E-state index is 5.71. The van der Waals surface area contributed by atoms with Crippen LogP contribution >= 0.6 is 31.9 Å². The molecule has 0 bridgehead atoms. The quantitative estimate of drug-likeness (QED) is 0.781. The lowest BCUT2D eigenvalue weighted by Crippen LogP contribution is -2.14. The van der Waals surface area contributed by atoms with Gasteiger partial charge in [-0.2, -0.15) is 0 Å². The smallest absolute Gasteiger partial charge is 0.135 e. The molecule has 2 aromatic rings. The van der Waals surface area contributed by atoms with E-state index in [1.54, 1.807) is 7.11 Å². The summed E-state index contributed by atoms with van der Waals surface area (Å²) in [7, 11) is 1.67. The number of fused-ring (bicyclic) bond motifs is 1. The van der Waals surface area contributed by atoms with E-state index in [0.29, 0.717) is 5.92 Å². The minimum atomic E-state index is 0.364. The van der Waals surface area contributed by atoms with Crippen LogP contribution in [0, 0.1) is 0 Å². The molecule has 0 fully saturated rings. The fourth-order valence-corrected chi connectivity index (χ4v) is 3.75. The first-order valence-corrected chi connectivity index (χ1v) is 8.26. The first kappa shape index (κ1) is 14.7. The monoisotopic (exact) mass is 411 g/mol. The Hall–Kier alpha value is -1.20. The number of halogens is 2. The number of nitrogens with one attached hydrogen (secondary N) is 1. The van der Waals surface area contributed by atoms with Crippen molar-refractivity contribution >= 4 is 37.5 Å². The zero-order valence-corrected chi connectivity index (χ0v) is 14.7. The molecule has 1 unspecified atom stereocenters. The van der Waals surface area contributed by atoms with Gasteiger partial charge < -0.3 is 14.8 Å². The Morgan fingerprint density at radius 2 is 2.05 bits per heavy atom. The highest BCUT2D eigenvalue weighted by atomic mass is 79.9. The molecule has 1 N–H and O–H groups in total. The van der Waals surface area contributed by atoms with E-state index in [0.717, 1.165) is 39.3 Å². The van der Waals surface area contributed by atoms with Gasteiger partial charge in [-0.15, -0.1) is 0 Å². The maximum Gasteiger partial charge on any atom is 0.135 e. The van der Waals surface area contributed by atoms with Gasteiger partial charge in [0, 0.05) is 28.6 Å². The summed E-state index contributed by atoms with van der Waals surface area (Å²) >= 11 is 7.05. The van der Waals surface area contributed by atoms with Crippen molar-refractivity contribution in [1.29, 1.82) is 0 Å². The number of anilines is 1. The van der Waals surface area contributed by atoms with Gasteiger partial charge in [0.2, 0.25) is 0 Å². The largest absolute Gasteiger partial charge is 0.495 e. The van der Waals surface area contributed by atoms with Crippen molar-refractivity contribution in [3.63, 3.8) is 0 Å². The fourth-order valence-electron chi connectivity index (χ4n) is 2.45. The third-order valence-corrected chi connectivity index (χ3v) is 4.86. The van der Waals surface area contributed by atoms with Gasteiger partial charge in [-0.3, -0.25) is 0 Å². The second kappa shape index (κ2) is 6.28. The molecule has 0 radical (unpaired) electrons. The summed E-state index contributed by atoms with van der Waals surface area (Å²) < 4.78 is 13.0. The molecule has 1 aliphatic rings. The summed E-state index contributed by atoms with van der Waals surface area (Å²) in [5.74, 6) is 2.17. The molecule has 5 heteroatoms. The Morgan fingerprint density at radius 1 is 1.24 bits per heavy atom. The average Bonchev–Trinajstić information content (AvgIpc) is 2.90. The van der Waals surface area contributed by atoms with Crippen LogP contribution < -0.4 is 14.8 Å². The van der Waals surface area contributed by atoms with Gasteiger partial charge in [-0.05, 0) is 44.0 Å². The summed E-state index contributed by atoms with van der Waals surface area (Å²) in [6, 6.07) is 12.2. The molecule has 3 rings (SSSR count). The van der Waals surface area contributed by atoms with Crippen molar-refractivity contribution in [2.45, 2.75) is 5.92 Å². The van der Waals surface area contributed by atoms with Crippen molar-refractivity contribution in [2.75, 3.05) is 25.6 Å². The average molecular weight is 413 g/mol. The molecular weight excluding hydrogens is 398 g/mol. The maximum absolute atomic E-state index is 5.71. The zero-order valence-electron chi connectivity index (χ0n) is 11.5. The van der Waals surface area contributed by atoms with Crippen molar-refractivity contribution in [3.05, 3.63) is 50.9 Å². The zero-order chi connectivity index (χ0) is 14.8. The van der Waals surface area contributed by atoms with Gasteiger partial charge in [0.05, 0.1) is 23.9 Å². The minimum absolute atomic E-state index is 0.364. The van der Waals surface area contributed by atoms with E-state index in [1.165, 1.54) is 5.56 Å². The molecule has 0 aromatic heterocycles. The van der Waals surface area contributed by atoms with Gasteiger partial charge in [-0.1, -0.05) is 18.2 Å². The normalized spacial score (nSPS) is 16.2. The van der Waals surface area contributed by atoms with Crippen molar-refractivity contribution < 1.29 is 9.47 Å². The summed E-state index contributed by atoms with van der Waals surface area (Å²) in [4.78, 5) is 0. The van der Waals surface area contributed by atoms with Crippen LogP contribution in [0.25, 0.3) is 0 Å². The highest BCUT2D eigenvalue weighted by Crippen LogP contribution is 2.37. The van der Waals surface area contributed by atoms with Crippen molar-refractivity contribution in [2.24, 2.45) is 0 Å². The van der Waals surface area contributed by atoms with Gasteiger partial charge in [0.15, 0.2) is 0 Å². The molecule has 21 heavy (non-hydrogen) atoms. The second-order valence-corrected chi connectivity index (χ2v) is 6.60. The molecule has 0 spiro atoms. The predicted molar refractivity (Wildman–Crippen MR) is 91.6 cm³/mol. The van der Waals surface area contributed by atoms with E-state index in [9.17, 15) is 0 Å². The summed E-state index contributed by atoms with van der Waals surface area (Å²) in [5.41, 5.74) is 2.28. The van der Waals surface area contributed by atoms with Gasteiger partial charge in [0.25, 0.3) is 0 Å². The van der Waals surface area contributed by atoms with E-state index in [-0.39, 0.29) is 0 Å². The van der Waals surface area contributed by atoms with E-state index >= 15 is 0 Å². The summed E-state index contributed by atoms with van der Waals surface area (Å²) in [5, 5.41) is 3.47. The molecule has 0 amide bonds. The van der Waals surface area contributed by atoms with Crippen LogP contribution in [0.15, 0.2) is 45.3 Å². The van der Waals surface area contributed by atoms with Crippen molar-refractivity contribution in [1.82, 2.24) is 0 Å². The van der Waals surface area contributed by atoms with E-state index < -0.39 is 0 Å². The number of hydrogen-bond donors (Lipinski definition) is 1. The Balaban J connectivity index is 1.74. The Kier molecular flexibility index (Phi) is 4.40. The van der Waals surface area contributed by atoms with Crippen LogP contribution in [-0.2, 0) is 0 Å². The topological polar surface area (TPSA) is 30.5 Å². The predicted octanol–water partition coefficient (Wildman–Crippen LogP) is 4.81. The summed E-state index contributed by atoms with van der Waals surface area (Å²) in [6.45, 7) is 1.54. The number of hydrogen-bond acceptors (Lipinski definition) is 3. The molecule has 0 saturated heterocycles. The van der Waals surface area contributed by atoms with Crippen LogP contribution in [0.2, 0.25) is 0 Å². The third-order valence-electron chi connectivity index (χ3n) is 3.58. The van der Waals surface area contributed by atoms with Crippen LogP contribution in [0.4, 0.5) is 5.69 Å². The molecule has 0 saturated carbocycles. The van der Waals surface area contributed by atoms with E-state index in [2.05, 4.69) is 49.3 Å². The Labute approximate surface area is 140 Å². The molecular formula is C16H15Br2NO2. The minimum Gasteiger partial charge on any atom is -0.495 e. The van der Waals surface area contributed by atoms with Crippen LogP contribution in [0.1, 0.15) is 11.5 Å². The number of ether oxygens (including phenoxy) is 2. The van der Waals surface area contributed by atoms with Gasteiger partial charge in [-0.25, -0.2) is 0 Å². The lowest BCUT2D eigenvalue weighted by molar-refractivity contribution is 0.334. The van der Waals surface area contributed by atoms with Gasteiger partial charge >= 0.3 is 0 Å². The molecule has 110 valence electrons. The van der Waals surface area contributed by atoms with Gasteiger partial charge in [0.1, 0.15) is 11.5 Å². The highest BCUT2D eigenvalue weighted by Gasteiger charge is 2.23. The molecule has 1 aliphatic heterocycles. The number of methoxy groups -OCH3 is 1. The molecule has 1 heterocycles. The van der Waals surface area contributed by atoms with E-state index in [1.807, 2.05) is 24.3 Å². The fraction of sp³-hybridized carbons (Fsp3) is 0.250. The SMILES string of the molecule is COc1cc(NCC2COc3ccccc32)c(Br)cc1Br.